The Morgan fingerprint density at radius 3 is 2.21 bits per heavy atom. The first-order valence-corrected chi connectivity index (χ1v) is 13.6. The van der Waals surface area contributed by atoms with Crippen molar-refractivity contribution in [3.63, 3.8) is 0 Å². The molecule has 1 aromatic heterocycles. The molecule has 2 rings (SSSR count). The van der Waals surface area contributed by atoms with E-state index >= 15 is 0 Å². The van der Waals surface area contributed by atoms with Crippen LogP contribution in [0.4, 0.5) is 0 Å². The second-order valence-corrected chi connectivity index (χ2v) is 10.8. The summed E-state index contributed by atoms with van der Waals surface area (Å²) < 4.78 is 0. The number of rotatable bonds is 16. The number of benzene rings is 1. The van der Waals surface area contributed by atoms with E-state index in [9.17, 15) is 24.3 Å². The number of carboxylic acids is 1. The first-order chi connectivity index (χ1) is 18.4. The Hall–Kier alpha value is -3.44. The topological polar surface area (TPSA) is 192 Å². The molecule has 9 N–H and O–H groups in total. The van der Waals surface area contributed by atoms with Crippen molar-refractivity contribution in [1.82, 2.24) is 20.9 Å². The smallest absolute Gasteiger partial charge is 0.326 e. The second-order valence-electron chi connectivity index (χ2n) is 10.8. The first kappa shape index (κ1) is 31.8. The highest BCUT2D eigenvalue weighted by atomic mass is 16.4. The number of fused-ring (bicyclic) bond motifs is 1. The van der Waals surface area contributed by atoms with Crippen LogP contribution in [-0.4, -0.2) is 64.5 Å². The van der Waals surface area contributed by atoms with Crippen LogP contribution in [0.1, 0.15) is 58.9 Å². The summed E-state index contributed by atoms with van der Waals surface area (Å²) in [4.78, 5) is 54.1. The lowest BCUT2D eigenvalue weighted by Gasteiger charge is -2.27. The number of aromatic amines is 1. The van der Waals surface area contributed by atoms with Crippen LogP contribution in [-0.2, 0) is 25.6 Å². The Balaban J connectivity index is 2.11. The van der Waals surface area contributed by atoms with E-state index in [-0.39, 0.29) is 24.7 Å². The Morgan fingerprint density at radius 1 is 0.923 bits per heavy atom. The summed E-state index contributed by atoms with van der Waals surface area (Å²) in [6.45, 7) is 7.67. The van der Waals surface area contributed by atoms with Gasteiger partial charge in [-0.3, -0.25) is 14.4 Å². The lowest BCUT2D eigenvalue weighted by Crippen LogP contribution is -2.58. The lowest BCUT2D eigenvalue weighted by molar-refractivity contribution is -0.143. The average Bonchev–Trinajstić information content (AvgIpc) is 3.28. The van der Waals surface area contributed by atoms with Crippen molar-refractivity contribution < 1.29 is 24.3 Å². The third-order valence-electron chi connectivity index (χ3n) is 6.60. The summed E-state index contributed by atoms with van der Waals surface area (Å²) in [5, 5.41) is 18.5. The largest absolute Gasteiger partial charge is 0.480 e. The molecule has 0 aliphatic carbocycles. The van der Waals surface area contributed by atoms with Gasteiger partial charge in [0.15, 0.2) is 0 Å². The van der Waals surface area contributed by atoms with Gasteiger partial charge in [-0.05, 0) is 62.1 Å². The fraction of sp³-hybridized carbons (Fsp3) is 0.571. The molecule has 11 nitrogen and oxygen atoms in total. The molecule has 216 valence electrons. The van der Waals surface area contributed by atoms with Gasteiger partial charge in [-0.25, -0.2) is 4.79 Å². The Morgan fingerprint density at radius 2 is 1.59 bits per heavy atom. The Bertz CT molecular complexity index is 1110. The molecule has 1 heterocycles. The van der Waals surface area contributed by atoms with Gasteiger partial charge in [-0.1, -0.05) is 45.9 Å². The van der Waals surface area contributed by atoms with Gasteiger partial charge < -0.3 is 37.5 Å². The van der Waals surface area contributed by atoms with Crippen LogP contribution in [0.2, 0.25) is 0 Å². The number of carbonyl (C=O) groups is 4. The number of unbranched alkanes of at least 4 members (excludes halogenated alkanes) is 1. The highest BCUT2D eigenvalue weighted by Crippen LogP contribution is 2.19. The number of para-hydroxylation sites is 1. The lowest BCUT2D eigenvalue weighted by atomic mass is 9.99. The number of amides is 3. The number of carbonyl (C=O) groups excluding carboxylic acids is 3. The molecule has 1 aromatic carbocycles. The molecule has 0 aliphatic rings. The van der Waals surface area contributed by atoms with Crippen molar-refractivity contribution in [2.75, 3.05) is 6.54 Å². The molecule has 4 unspecified atom stereocenters. The summed E-state index contributed by atoms with van der Waals surface area (Å²) in [6, 6.07) is 3.82. The van der Waals surface area contributed by atoms with Crippen molar-refractivity contribution in [3.05, 3.63) is 36.0 Å². The third kappa shape index (κ3) is 9.67. The molecule has 0 aliphatic heterocycles. The number of H-pyrrole nitrogens is 1. The van der Waals surface area contributed by atoms with Gasteiger partial charge in [0.25, 0.3) is 0 Å². The minimum absolute atomic E-state index is 0.0501. The SMILES string of the molecule is CC(C)CC(NC(=O)C(NC(=O)C(CCCCN)NC(=O)C(N)Cc1c[nH]c2ccccc12)C(C)C)C(=O)O. The quantitative estimate of drug-likeness (QED) is 0.155. The van der Waals surface area contributed by atoms with Crippen molar-refractivity contribution >= 4 is 34.6 Å². The van der Waals surface area contributed by atoms with Crippen LogP contribution in [0.3, 0.4) is 0 Å². The molecule has 11 heteroatoms. The van der Waals surface area contributed by atoms with Crippen LogP contribution in [0, 0.1) is 11.8 Å². The van der Waals surface area contributed by atoms with Crippen molar-refractivity contribution in [2.24, 2.45) is 23.3 Å². The summed E-state index contributed by atoms with van der Waals surface area (Å²) in [5.74, 6) is -3.02. The number of aromatic nitrogens is 1. The summed E-state index contributed by atoms with van der Waals surface area (Å²) in [5.41, 5.74) is 13.7. The monoisotopic (exact) mass is 544 g/mol. The van der Waals surface area contributed by atoms with Gasteiger partial charge in [-0.2, -0.15) is 0 Å². The zero-order valence-electron chi connectivity index (χ0n) is 23.3. The fourth-order valence-electron chi connectivity index (χ4n) is 4.41. The maximum absolute atomic E-state index is 13.3. The average molecular weight is 545 g/mol. The number of hydrogen-bond donors (Lipinski definition) is 7. The van der Waals surface area contributed by atoms with E-state index in [1.165, 1.54) is 0 Å². The van der Waals surface area contributed by atoms with Crippen LogP contribution in [0.25, 0.3) is 10.9 Å². The predicted octanol–water partition coefficient (Wildman–Crippen LogP) is 1.41. The van der Waals surface area contributed by atoms with Gasteiger partial charge in [0, 0.05) is 17.1 Å². The maximum atomic E-state index is 13.3. The van der Waals surface area contributed by atoms with Crippen molar-refractivity contribution in [3.8, 4) is 0 Å². The molecule has 0 saturated heterocycles. The molecule has 0 fully saturated rings. The van der Waals surface area contributed by atoms with Crippen LogP contribution >= 0.6 is 0 Å². The number of aliphatic carboxylic acids is 1. The highest BCUT2D eigenvalue weighted by Gasteiger charge is 2.32. The number of nitrogens with two attached hydrogens (primary N) is 2. The molecule has 0 saturated carbocycles. The maximum Gasteiger partial charge on any atom is 0.326 e. The molecular formula is C28H44N6O5. The second kappa shape index (κ2) is 15.2. The molecule has 0 radical (unpaired) electrons. The van der Waals surface area contributed by atoms with Crippen LogP contribution < -0.4 is 27.4 Å². The minimum Gasteiger partial charge on any atom is -0.480 e. The summed E-state index contributed by atoms with van der Waals surface area (Å²) >= 11 is 0. The van der Waals surface area contributed by atoms with E-state index < -0.39 is 47.9 Å². The molecular weight excluding hydrogens is 500 g/mol. The minimum atomic E-state index is -1.14. The summed E-state index contributed by atoms with van der Waals surface area (Å²) in [6.07, 6.45) is 3.90. The van der Waals surface area contributed by atoms with Gasteiger partial charge in [0.05, 0.1) is 6.04 Å². The van der Waals surface area contributed by atoms with E-state index in [0.717, 1.165) is 16.5 Å². The zero-order chi connectivity index (χ0) is 29.1. The standard InChI is InChI=1S/C28H44N6O5/c1-16(2)13-23(28(38)39)33-27(37)24(17(3)4)34-26(36)22(11-7-8-12-29)32-25(35)20(30)14-18-15-31-21-10-6-5-9-19(18)21/h5-6,9-10,15-17,20,22-24,31H,7-8,11-14,29-30H2,1-4H3,(H,32,35)(H,33,37)(H,34,36)(H,38,39). The van der Waals surface area contributed by atoms with Crippen molar-refractivity contribution in [2.45, 2.75) is 84.0 Å². The van der Waals surface area contributed by atoms with E-state index in [1.54, 1.807) is 13.8 Å². The fourth-order valence-corrected chi connectivity index (χ4v) is 4.41. The van der Waals surface area contributed by atoms with E-state index in [4.69, 9.17) is 11.5 Å². The van der Waals surface area contributed by atoms with Crippen molar-refractivity contribution in [1.29, 1.82) is 0 Å². The van der Waals surface area contributed by atoms with Gasteiger partial charge in [0.2, 0.25) is 17.7 Å². The molecule has 0 bridgehead atoms. The number of hydrogen-bond acceptors (Lipinski definition) is 6. The van der Waals surface area contributed by atoms with E-state index in [0.29, 0.717) is 25.8 Å². The van der Waals surface area contributed by atoms with Crippen LogP contribution in [0.15, 0.2) is 30.5 Å². The van der Waals surface area contributed by atoms with Gasteiger partial charge in [0.1, 0.15) is 18.1 Å². The third-order valence-corrected chi connectivity index (χ3v) is 6.60. The van der Waals surface area contributed by atoms with Crippen LogP contribution in [0.5, 0.6) is 0 Å². The molecule has 3 amide bonds. The first-order valence-electron chi connectivity index (χ1n) is 13.6. The highest BCUT2D eigenvalue weighted by molar-refractivity contribution is 5.94. The van der Waals surface area contributed by atoms with E-state index in [1.807, 2.05) is 44.3 Å². The summed E-state index contributed by atoms with van der Waals surface area (Å²) in [7, 11) is 0. The Kier molecular flexibility index (Phi) is 12.4. The Labute approximate surface area is 229 Å². The molecule has 4 atom stereocenters. The number of carboxylic acid groups (broad SMARTS) is 1. The normalized spacial score (nSPS) is 14.6. The molecule has 0 spiro atoms. The number of nitrogens with one attached hydrogen (secondary N) is 4. The van der Waals surface area contributed by atoms with Gasteiger partial charge in [-0.15, -0.1) is 0 Å². The molecule has 39 heavy (non-hydrogen) atoms. The zero-order valence-corrected chi connectivity index (χ0v) is 23.3. The van der Waals surface area contributed by atoms with E-state index in [2.05, 4.69) is 20.9 Å². The molecule has 2 aromatic rings. The van der Waals surface area contributed by atoms with Gasteiger partial charge >= 0.3 is 5.97 Å². The predicted molar refractivity (Wildman–Crippen MR) is 151 cm³/mol.